The average molecular weight is 441 g/mol. The number of carbonyl (C=O) groups is 2. The van der Waals surface area contributed by atoms with Crippen LogP contribution in [0.2, 0.25) is 0 Å². The van der Waals surface area contributed by atoms with E-state index in [0.29, 0.717) is 35.3 Å². The number of aromatic nitrogens is 1. The van der Waals surface area contributed by atoms with Crippen LogP contribution in [0.25, 0.3) is 11.1 Å². The fourth-order valence-corrected chi connectivity index (χ4v) is 3.49. The van der Waals surface area contributed by atoms with Gasteiger partial charge in [-0.2, -0.15) is 0 Å². The largest absolute Gasteiger partial charge is 0.465 e. The second-order valence-corrected chi connectivity index (χ2v) is 8.10. The monoisotopic (exact) mass is 440 g/mol. The fraction of sp³-hybridized carbons (Fsp3) is 0.348. The van der Waals surface area contributed by atoms with E-state index in [-0.39, 0.29) is 12.5 Å². The maximum atomic E-state index is 12.5. The minimum absolute atomic E-state index is 0.177. The molecule has 1 aromatic heterocycles. The van der Waals surface area contributed by atoms with E-state index in [1.165, 1.54) is 14.4 Å². The number of rotatable bonds is 8. The predicted octanol–water partition coefficient (Wildman–Crippen LogP) is 2.78. The number of hydrogen-bond donors (Lipinski definition) is 1. The highest BCUT2D eigenvalue weighted by Crippen LogP contribution is 2.21. The van der Waals surface area contributed by atoms with Crippen molar-refractivity contribution in [2.24, 2.45) is 0 Å². The molecular weight excluding hydrogens is 412 g/mol. The van der Waals surface area contributed by atoms with E-state index in [9.17, 15) is 19.5 Å². The fourth-order valence-electron chi connectivity index (χ4n) is 3.49. The molecule has 0 aliphatic rings. The third kappa shape index (κ3) is 5.17. The van der Waals surface area contributed by atoms with Crippen LogP contribution < -0.4 is 10.7 Å². The van der Waals surface area contributed by atoms with Gasteiger partial charge in [0.05, 0.1) is 12.1 Å². The molecule has 3 rings (SSSR count). The van der Waals surface area contributed by atoms with E-state index >= 15 is 0 Å². The zero-order valence-electron chi connectivity index (χ0n) is 18.7. The lowest BCUT2D eigenvalue weighted by Gasteiger charge is -2.21. The van der Waals surface area contributed by atoms with Gasteiger partial charge in [-0.1, -0.05) is 12.1 Å². The van der Waals surface area contributed by atoms with Crippen LogP contribution >= 0.6 is 0 Å². The second kappa shape index (κ2) is 9.69. The molecule has 0 aliphatic heterocycles. The molecule has 1 heterocycles. The lowest BCUT2D eigenvalue weighted by molar-refractivity contribution is 0.0827. The zero-order chi connectivity index (χ0) is 23.4. The number of oxazole rings is 1. The van der Waals surface area contributed by atoms with Crippen molar-refractivity contribution in [3.63, 3.8) is 0 Å². The first-order chi connectivity index (χ1) is 15.2. The summed E-state index contributed by atoms with van der Waals surface area (Å²) in [4.78, 5) is 41.4. The molecule has 2 aromatic carbocycles. The molecule has 9 heteroatoms. The zero-order valence-corrected chi connectivity index (χ0v) is 18.7. The van der Waals surface area contributed by atoms with Crippen LogP contribution in [-0.4, -0.2) is 72.8 Å². The van der Waals surface area contributed by atoms with Crippen LogP contribution in [0, 0.1) is 0 Å². The third-order valence-electron chi connectivity index (χ3n) is 5.10. The number of hydrogen-bond acceptors (Lipinski definition) is 5. The predicted molar refractivity (Wildman–Crippen MR) is 123 cm³/mol. The normalized spacial score (nSPS) is 11.2. The summed E-state index contributed by atoms with van der Waals surface area (Å²) >= 11 is 0. The highest BCUT2D eigenvalue weighted by Gasteiger charge is 2.17. The molecule has 0 radical (unpaired) electrons. The van der Waals surface area contributed by atoms with Gasteiger partial charge < -0.3 is 19.3 Å². The first-order valence-corrected chi connectivity index (χ1v) is 10.3. The molecule has 0 spiro atoms. The molecule has 0 saturated heterocycles. The Labute approximate surface area is 186 Å². The molecule has 170 valence electrons. The van der Waals surface area contributed by atoms with Gasteiger partial charge in [-0.05, 0) is 63.0 Å². The van der Waals surface area contributed by atoms with Gasteiger partial charge in [0.25, 0.3) is 5.91 Å². The summed E-state index contributed by atoms with van der Waals surface area (Å²) in [5.41, 5.74) is 2.63. The Morgan fingerprint density at radius 3 is 2.44 bits per heavy atom. The van der Waals surface area contributed by atoms with Gasteiger partial charge >= 0.3 is 11.8 Å². The number of carboxylic acid groups (broad SMARTS) is 1. The van der Waals surface area contributed by atoms with Crippen molar-refractivity contribution in [1.82, 2.24) is 14.4 Å². The van der Waals surface area contributed by atoms with Gasteiger partial charge in [0.2, 0.25) is 0 Å². The van der Waals surface area contributed by atoms with Gasteiger partial charge in [0.1, 0.15) is 0 Å². The van der Waals surface area contributed by atoms with E-state index in [1.54, 1.807) is 50.5 Å². The van der Waals surface area contributed by atoms with Gasteiger partial charge in [-0.25, -0.2) is 9.59 Å². The Bertz CT molecular complexity index is 1180. The molecule has 0 atom stereocenters. The number of amides is 2. The van der Waals surface area contributed by atoms with Gasteiger partial charge in [-0.15, -0.1) is 0 Å². The van der Waals surface area contributed by atoms with Crippen LogP contribution in [0.5, 0.6) is 0 Å². The summed E-state index contributed by atoms with van der Waals surface area (Å²) in [6.45, 7) is 1.32. The van der Waals surface area contributed by atoms with E-state index in [1.807, 2.05) is 25.1 Å². The Morgan fingerprint density at radius 1 is 1.03 bits per heavy atom. The minimum atomic E-state index is -1.03. The van der Waals surface area contributed by atoms with E-state index < -0.39 is 11.8 Å². The van der Waals surface area contributed by atoms with Gasteiger partial charge in [-0.3, -0.25) is 14.3 Å². The Hall–Kier alpha value is -3.59. The van der Waals surface area contributed by atoms with E-state index in [0.717, 1.165) is 12.1 Å². The summed E-state index contributed by atoms with van der Waals surface area (Å²) in [6.07, 6.45) is -0.337. The quantitative estimate of drug-likeness (QED) is 0.578. The molecule has 0 bridgehead atoms. The number of fused-ring (bicyclic) bond motifs is 1. The highest BCUT2D eigenvalue weighted by atomic mass is 16.4. The van der Waals surface area contributed by atoms with E-state index in [4.69, 9.17) is 4.42 Å². The molecule has 1 N–H and O–H groups in total. The van der Waals surface area contributed by atoms with Crippen molar-refractivity contribution in [2.45, 2.75) is 13.0 Å². The number of anilines is 1. The van der Waals surface area contributed by atoms with Crippen LogP contribution in [0.3, 0.4) is 0 Å². The maximum Gasteiger partial charge on any atom is 0.420 e. The minimum Gasteiger partial charge on any atom is -0.465 e. The van der Waals surface area contributed by atoms with E-state index in [2.05, 4.69) is 0 Å². The number of carbonyl (C=O) groups excluding carboxylic acids is 1. The molecule has 2 amide bonds. The van der Waals surface area contributed by atoms with Crippen molar-refractivity contribution >= 4 is 28.8 Å². The summed E-state index contributed by atoms with van der Waals surface area (Å²) in [5, 5.41) is 9.66. The molecule has 0 aliphatic carbocycles. The summed E-state index contributed by atoms with van der Waals surface area (Å²) in [7, 11) is 7.20. The molecule has 0 unspecified atom stereocenters. The highest BCUT2D eigenvalue weighted by molar-refractivity contribution is 5.96. The SMILES string of the molecule is CN(C)CCCN(C(=O)O)c1cccc(Cn2c(=O)oc3ccc(C(=O)N(C)C)cc32)c1. The number of nitrogens with zero attached hydrogens (tertiary/aromatic N) is 4. The number of benzene rings is 2. The maximum absolute atomic E-state index is 12.5. The summed E-state index contributed by atoms with van der Waals surface area (Å²) in [6, 6.07) is 11.9. The topological polar surface area (TPSA) is 99.2 Å². The standard InChI is InChI=1S/C23H28N4O5/c1-24(2)11-6-12-26(22(29)30)18-8-5-7-16(13-18)15-27-19-14-17(21(28)25(3)4)9-10-20(19)32-23(27)31/h5,7-10,13-14H,6,11-12,15H2,1-4H3,(H,29,30). The van der Waals surface area contributed by atoms with Crippen LogP contribution in [0.4, 0.5) is 10.5 Å². The van der Waals surface area contributed by atoms with Crippen LogP contribution in [0.1, 0.15) is 22.3 Å². The first-order valence-electron chi connectivity index (χ1n) is 10.3. The molecule has 32 heavy (non-hydrogen) atoms. The summed E-state index contributed by atoms with van der Waals surface area (Å²) in [5.74, 6) is -0.718. The van der Waals surface area contributed by atoms with Crippen LogP contribution in [-0.2, 0) is 6.54 Å². The van der Waals surface area contributed by atoms with Crippen molar-refractivity contribution in [2.75, 3.05) is 46.2 Å². The van der Waals surface area contributed by atoms with Gasteiger partial charge in [0, 0.05) is 31.9 Å². The average Bonchev–Trinajstić information content (AvgIpc) is 3.04. The molecule has 3 aromatic rings. The lowest BCUT2D eigenvalue weighted by Crippen LogP contribution is -2.32. The van der Waals surface area contributed by atoms with Crippen molar-refractivity contribution < 1.29 is 19.1 Å². The lowest BCUT2D eigenvalue weighted by atomic mass is 10.1. The molecule has 0 saturated carbocycles. The third-order valence-corrected chi connectivity index (χ3v) is 5.10. The van der Waals surface area contributed by atoms with Crippen molar-refractivity contribution in [3.8, 4) is 0 Å². The molecule has 0 fully saturated rings. The smallest absolute Gasteiger partial charge is 0.420 e. The second-order valence-electron chi connectivity index (χ2n) is 8.10. The van der Waals surface area contributed by atoms with Gasteiger partial charge in [0.15, 0.2) is 5.58 Å². The van der Waals surface area contributed by atoms with Crippen LogP contribution in [0.15, 0.2) is 51.7 Å². The summed E-state index contributed by atoms with van der Waals surface area (Å²) < 4.78 is 6.77. The molecular formula is C23H28N4O5. The Balaban J connectivity index is 1.91. The molecule has 9 nitrogen and oxygen atoms in total. The Morgan fingerprint density at radius 2 is 1.78 bits per heavy atom. The first kappa shape index (κ1) is 23.1. The Kier molecular flexibility index (Phi) is 6.99. The van der Waals surface area contributed by atoms with Crippen molar-refractivity contribution in [1.29, 1.82) is 0 Å². The van der Waals surface area contributed by atoms with Crippen molar-refractivity contribution in [3.05, 3.63) is 64.1 Å².